The first-order valence-corrected chi connectivity index (χ1v) is 8.16. The van der Waals surface area contributed by atoms with Gasteiger partial charge in [0.15, 0.2) is 0 Å². The fourth-order valence-electron chi connectivity index (χ4n) is 3.06. The van der Waals surface area contributed by atoms with Crippen LogP contribution in [-0.4, -0.2) is 30.9 Å². The lowest BCUT2D eigenvalue weighted by Gasteiger charge is -2.36. The number of aliphatic hydroxyl groups is 1. The van der Waals surface area contributed by atoms with E-state index in [1.807, 2.05) is 18.2 Å². The molecule has 21 heavy (non-hydrogen) atoms. The number of nitrogen functional groups attached to an aromatic ring is 1. The van der Waals surface area contributed by atoms with Gasteiger partial charge in [-0.3, -0.25) is 0 Å². The molecule has 1 saturated carbocycles. The zero-order valence-electron chi connectivity index (χ0n) is 13.1. The highest BCUT2D eigenvalue weighted by Crippen LogP contribution is 2.32. The molecule has 0 aliphatic heterocycles. The molecule has 4 nitrogen and oxygen atoms in total. The van der Waals surface area contributed by atoms with Crippen LogP contribution >= 0.6 is 0 Å². The number of rotatable bonds is 7. The van der Waals surface area contributed by atoms with Gasteiger partial charge in [0.05, 0.1) is 18.9 Å². The van der Waals surface area contributed by atoms with E-state index in [0.29, 0.717) is 24.9 Å². The van der Waals surface area contributed by atoms with Gasteiger partial charge >= 0.3 is 0 Å². The molecule has 0 unspecified atom stereocenters. The Bertz CT molecular complexity index is 431. The molecule has 0 amide bonds. The SMILES string of the molecule is CCCOc1cc(N(CCO)C2CCCCC2)ccc1N. The van der Waals surface area contributed by atoms with Crippen LogP contribution in [0.3, 0.4) is 0 Å². The van der Waals surface area contributed by atoms with E-state index in [1.54, 1.807) is 0 Å². The van der Waals surface area contributed by atoms with E-state index in [9.17, 15) is 5.11 Å². The minimum Gasteiger partial charge on any atom is -0.491 e. The van der Waals surface area contributed by atoms with Gasteiger partial charge in [0.2, 0.25) is 0 Å². The largest absolute Gasteiger partial charge is 0.491 e. The summed E-state index contributed by atoms with van der Waals surface area (Å²) in [7, 11) is 0. The van der Waals surface area contributed by atoms with Crippen molar-refractivity contribution in [1.82, 2.24) is 0 Å². The molecule has 1 aliphatic rings. The molecule has 0 aromatic heterocycles. The fraction of sp³-hybridized carbons (Fsp3) is 0.647. The third kappa shape index (κ3) is 4.27. The predicted molar refractivity (Wildman–Crippen MR) is 87.9 cm³/mol. The van der Waals surface area contributed by atoms with Crippen LogP contribution in [0.2, 0.25) is 0 Å². The van der Waals surface area contributed by atoms with Crippen LogP contribution in [0.5, 0.6) is 5.75 Å². The van der Waals surface area contributed by atoms with Crippen LogP contribution in [0.15, 0.2) is 18.2 Å². The van der Waals surface area contributed by atoms with Crippen molar-refractivity contribution in [1.29, 1.82) is 0 Å². The van der Waals surface area contributed by atoms with E-state index >= 15 is 0 Å². The first-order valence-electron chi connectivity index (χ1n) is 8.16. The summed E-state index contributed by atoms with van der Waals surface area (Å²) < 4.78 is 5.73. The zero-order valence-corrected chi connectivity index (χ0v) is 13.1. The average Bonchev–Trinajstić information content (AvgIpc) is 2.53. The Hall–Kier alpha value is -1.42. The minimum absolute atomic E-state index is 0.173. The minimum atomic E-state index is 0.173. The van der Waals surface area contributed by atoms with Crippen LogP contribution in [0.1, 0.15) is 45.4 Å². The maximum absolute atomic E-state index is 9.40. The molecule has 0 atom stereocenters. The molecule has 1 aromatic rings. The highest BCUT2D eigenvalue weighted by atomic mass is 16.5. The Kier molecular flexibility index (Phi) is 6.18. The lowest BCUT2D eigenvalue weighted by Crippen LogP contribution is -2.38. The third-order valence-corrected chi connectivity index (χ3v) is 4.15. The predicted octanol–water partition coefficient (Wildman–Crippen LogP) is 3.19. The number of ether oxygens (including phenoxy) is 1. The van der Waals surface area contributed by atoms with Crippen molar-refractivity contribution in [3.8, 4) is 5.75 Å². The van der Waals surface area contributed by atoms with Gasteiger partial charge in [-0.1, -0.05) is 26.2 Å². The van der Waals surface area contributed by atoms with Gasteiger partial charge in [-0.05, 0) is 31.4 Å². The van der Waals surface area contributed by atoms with Crippen molar-refractivity contribution in [3.05, 3.63) is 18.2 Å². The van der Waals surface area contributed by atoms with E-state index in [1.165, 1.54) is 32.1 Å². The monoisotopic (exact) mass is 292 g/mol. The Morgan fingerprint density at radius 1 is 1.29 bits per heavy atom. The summed E-state index contributed by atoms with van der Waals surface area (Å²) in [6.07, 6.45) is 7.26. The molecule has 0 spiro atoms. The molecule has 3 N–H and O–H groups in total. The van der Waals surface area contributed by atoms with Crippen molar-refractivity contribution in [2.24, 2.45) is 0 Å². The fourth-order valence-corrected chi connectivity index (χ4v) is 3.06. The number of nitrogens with zero attached hydrogens (tertiary/aromatic N) is 1. The highest BCUT2D eigenvalue weighted by Gasteiger charge is 2.21. The van der Waals surface area contributed by atoms with Crippen LogP contribution in [0.25, 0.3) is 0 Å². The number of hydrogen-bond acceptors (Lipinski definition) is 4. The average molecular weight is 292 g/mol. The molecule has 0 saturated heterocycles. The van der Waals surface area contributed by atoms with E-state index in [0.717, 1.165) is 17.9 Å². The van der Waals surface area contributed by atoms with Crippen molar-refractivity contribution in [3.63, 3.8) is 0 Å². The first kappa shape index (κ1) is 16.0. The number of aliphatic hydroxyl groups excluding tert-OH is 1. The first-order chi connectivity index (χ1) is 10.3. The molecule has 0 radical (unpaired) electrons. The maximum Gasteiger partial charge on any atom is 0.144 e. The lowest BCUT2D eigenvalue weighted by molar-refractivity contribution is 0.289. The molecule has 2 rings (SSSR count). The second-order valence-electron chi connectivity index (χ2n) is 5.78. The van der Waals surface area contributed by atoms with Gasteiger partial charge in [-0.25, -0.2) is 0 Å². The summed E-state index contributed by atoms with van der Waals surface area (Å²) in [4.78, 5) is 2.32. The van der Waals surface area contributed by atoms with Crippen molar-refractivity contribution in [2.75, 3.05) is 30.4 Å². The van der Waals surface area contributed by atoms with Crippen LogP contribution < -0.4 is 15.4 Å². The molecule has 0 bridgehead atoms. The normalized spacial score (nSPS) is 15.9. The summed E-state index contributed by atoms with van der Waals surface area (Å²) >= 11 is 0. The van der Waals surface area contributed by atoms with Gasteiger partial charge in [-0.2, -0.15) is 0 Å². The number of nitrogens with two attached hydrogens (primary N) is 1. The lowest BCUT2D eigenvalue weighted by atomic mass is 9.93. The van der Waals surface area contributed by atoms with Crippen molar-refractivity contribution >= 4 is 11.4 Å². The summed E-state index contributed by atoms with van der Waals surface area (Å²) in [5.74, 6) is 0.757. The third-order valence-electron chi connectivity index (χ3n) is 4.15. The molecule has 1 fully saturated rings. The van der Waals surface area contributed by atoms with Gasteiger partial charge in [0.1, 0.15) is 5.75 Å². The second kappa shape index (κ2) is 8.13. The van der Waals surface area contributed by atoms with Crippen molar-refractivity contribution in [2.45, 2.75) is 51.5 Å². The quantitative estimate of drug-likeness (QED) is 0.758. The van der Waals surface area contributed by atoms with E-state index in [2.05, 4.69) is 11.8 Å². The summed E-state index contributed by atoms with van der Waals surface area (Å²) in [5, 5.41) is 9.40. The van der Waals surface area contributed by atoms with Gasteiger partial charge in [0, 0.05) is 24.3 Å². The summed E-state index contributed by atoms with van der Waals surface area (Å²) in [5.41, 5.74) is 7.78. The Labute approximate surface area is 127 Å². The van der Waals surface area contributed by atoms with E-state index in [-0.39, 0.29) is 6.61 Å². The Morgan fingerprint density at radius 2 is 2.05 bits per heavy atom. The summed E-state index contributed by atoms with van der Waals surface area (Å²) in [6, 6.07) is 6.50. The Balaban J connectivity index is 2.18. The molecule has 1 aromatic carbocycles. The smallest absolute Gasteiger partial charge is 0.144 e. The van der Waals surface area contributed by atoms with Crippen LogP contribution in [-0.2, 0) is 0 Å². The second-order valence-corrected chi connectivity index (χ2v) is 5.78. The van der Waals surface area contributed by atoms with Gasteiger partial charge < -0.3 is 20.5 Å². The molecule has 0 heterocycles. The van der Waals surface area contributed by atoms with E-state index < -0.39 is 0 Å². The number of benzene rings is 1. The van der Waals surface area contributed by atoms with Crippen molar-refractivity contribution < 1.29 is 9.84 Å². The topological polar surface area (TPSA) is 58.7 Å². The molecule has 4 heteroatoms. The summed E-state index contributed by atoms with van der Waals surface area (Å²) in [6.45, 7) is 3.60. The zero-order chi connectivity index (χ0) is 15.1. The van der Waals surface area contributed by atoms with Gasteiger partial charge in [-0.15, -0.1) is 0 Å². The van der Waals surface area contributed by atoms with E-state index in [4.69, 9.17) is 10.5 Å². The highest BCUT2D eigenvalue weighted by molar-refractivity contribution is 5.62. The molecular weight excluding hydrogens is 264 g/mol. The van der Waals surface area contributed by atoms with Gasteiger partial charge in [0.25, 0.3) is 0 Å². The van der Waals surface area contributed by atoms with Crippen LogP contribution in [0, 0.1) is 0 Å². The molecule has 118 valence electrons. The Morgan fingerprint density at radius 3 is 2.71 bits per heavy atom. The standard InChI is InChI=1S/C17H28N2O2/c1-2-12-21-17-13-15(8-9-16(17)18)19(10-11-20)14-6-4-3-5-7-14/h8-9,13-14,20H,2-7,10-12,18H2,1H3. The maximum atomic E-state index is 9.40. The number of anilines is 2. The molecular formula is C17H28N2O2. The number of hydrogen-bond donors (Lipinski definition) is 2. The van der Waals surface area contributed by atoms with Crippen LogP contribution in [0.4, 0.5) is 11.4 Å². The molecule has 1 aliphatic carbocycles.